The van der Waals surface area contributed by atoms with Gasteiger partial charge in [0.25, 0.3) is 0 Å². The Morgan fingerprint density at radius 1 is 1.42 bits per heavy atom. The summed E-state index contributed by atoms with van der Waals surface area (Å²) < 4.78 is 5.89. The molecule has 0 unspecified atom stereocenters. The number of nitrogens with zero attached hydrogens (tertiary/aromatic N) is 3. The summed E-state index contributed by atoms with van der Waals surface area (Å²) in [6.07, 6.45) is 3.83. The largest absolute Gasteiger partial charge is 0.269 e. The minimum Gasteiger partial charge on any atom is -0.269 e. The number of rotatable bonds is 2. The van der Waals surface area contributed by atoms with Gasteiger partial charge in [-0.05, 0) is 19.1 Å². The van der Waals surface area contributed by atoms with Crippen molar-refractivity contribution in [2.45, 2.75) is 6.92 Å². The molecule has 62 valence electrons. The molecule has 0 amide bonds. The maximum absolute atomic E-state index is 4.16. The van der Waals surface area contributed by atoms with Gasteiger partial charge in [0, 0.05) is 23.9 Å². The van der Waals surface area contributed by atoms with Crippen LogP contribution in [0.4, 0.5) is 5.13 Å². The summed E-state index contributed by atoms with van der Waals surface area (Å²) in [4.78, 5) is 4.16. The standard InChI is InChI=1S/C7H8N4S/c1-6-8-7(12-10-6)9-11-4-2-3-5-11/h2-5H,1H3,(H,8,9,10). The number of nitrogens with one attached hydrogen (secondary N) is 1. The lowest BCUT2D eigenvalue weighted by Gasteiger charge is -2.00. The molecule has 0 fully saturated rings. The quantitative estimate of drug-likeness (QED) is 0.762. The van der Waals surface area contributed by atoms with Crippen molar-refractivity contribution in [1.29, 1.82) is 0 Å². The highest BCUT2D eigenvalue weighted by molar-refractivity contribution is 7.09. The van der Waals surface area contributed by atoms with Crippen LogP contribution in [0.25, 0.3) is 0 Å². The van der Waals surface area contributed by atoms with Gasteiger partial charge in [0.05, 0.1) is 0 Å². The molecular weight excluding hydrogens is 172 g/mol. The molecule has 0 aliphatic carbocycles. The zero-order chi connectivity index (χ0) is 8.39. The third kappa shape index (κ3) is 1.45. The Bertz CT molecular complexity index is 351. The van der Waals surface area contributed by atoms with Crippen molar-refractivity contribution in [2.75, 3.05) is 5.43 Å². The molecule has 0 radical (unpaired) electrons. The maximum Gasteiger partial charge on any atom is 0.221 e. The smallest absolute Gasteiger partial charge is 0.221 e. The van der Waals surface area contributed by atoms with Crippen molar-refractivity contribution >= 4 is 16.7 Å². The third-order valence-electron chi connectivity index (χ3n) is 1.36. The van der Waals surface area contributed by atoms with Crippen LogP contribution in [-0.2, 0) is 0 Å². The summed E-state index contributed by atoms with van der Waals surface area (Å²) in [6, 6.07) is 3.89. The molecule has 0 atom stereocenters. The molecule has 0 bridgehead atoms. The average Bonchev–Trinajstić information content (AvgIpc) is 2.63. The monoisotopic (exact) mass is 180 g/mol. The maximum atomic E-state index is 4.16. The van der Waals surface area contributed by atoms with E-state index in [4.69, 9.17) is 0 Å². The topological polar surface area (TPSA) is 42.7 Å². The first-order valence-corrected chi connectivity index (χ1v) is 4.32. The number of aromatic nitrogens is 3. The summed E-state index contributed by atoms with van der Waals surface area (Å²) in [6.45, 7) is 1.87. The molecule has 4 nitrogen and oxygen atoms in total. The summed E-state index contributed by atoms with van der Waals surface area (Å²) in [5.74, 6) is 0.801. The predicted molar refractivity (Wildman–Crippen MR) is 48.1 cm³/mol. The first kappa shape index (κ1) is 7.30. The number of anilines is 1. The zero-order valence-electron chi connectivity index (χ0n) is 6.56. The second-order valence-electron chi connectivity index (χ2n) is 2.35. The summed E-state index contributed by atoms with van der Waals surface area (Å²) in [7, 11) is 0. The molecule has 2 heterocycles. The number of aryl methyl sites for hydroxylation is 1. The molecule has 0 spiro atoms. The Morgan fingerprint density at radius 2 is 2.17 bits per heavy atom. The van der Waals surface area contributed by atoms with Crippen LogP contribution in [0, 0.1) is 6.92 Å². The highest BCUT2D eigenvalue weighted by atomic mass is 32.1. The van der Waals surface area contributed by atoms with E-state index in [2.05, 4.69) is 14.8 Å². The second-order valence-corrected chi connectivity index (χ2v) is 3.10. The summed E-state index contributed by atoms with van der Waals surface area (Å²) >= 11 is 1.35. The van der Waals surface area contributed by atoms with E-state index < -0.39 is 0 Å². The van der Waals surface area contributed by atoms with Crippen molar-refractivity contribution in [3.05, 3.63) is 30.4 Å². The van der Waals surface area contributed by atoms with Gasteiger partial charge in [-0.2, -0.15) is 4.37 Å². The fourth-order valence-corrected chi connectivity index (χ4v) is 1.44. The van der Waals surface area contributed by atoms with Gasteiger partial charge in [-0.3, -0.25) is 10.1 Å². The van der Waals surface area contributed by atoms with Crippen LogP contribution in [0.1, 0.15) is 5.82 Å². The number of hydrogen-bond donors (Lipinski definition) is 1. The summed E-state index contributed by atoms with van der Waals surface area (Å²) in [5.41, 5.74) is 3.07. The SMILES string of the molecule is Cc1nsc(Nn2cccc2)n1. The van der Waals surface area contributed by atoms with E-state index in [-0.39, 0.29) is 0 Å². The van der Waals surface area contributed by atoms with Gasteiger partial charge in [-0.15, -0.1) is 0 Å². The van der Waals surface area contributed by atoms with Crippen LogP contribution < -0.4 is 5.43 Å². The van der Waals surface area contributed by atoms with Crippen LogP contribution in [-0.4, -0.2) is 14.0 Å². The Morgan fingerprint density at radius 3 is 2.75 bits per heavy atom. The van der Waals surface area contributed by atoms with Crippen molar-refractivity contribution in [3.8, 4) is 0 Å². The van der Waals surface area contributed by atoms with Gasteiger partial charge in [0.1, 0.15) is 5.82 Å². The van der Waals surface area contributed by atoms with Crippen LogP contribution in [0.2, 0.25) is 0 Å². The molecule has 12 heavy (non-hydrogen) atoms. The van der Waals surface area contributed by atoms with E-state index in [0.29, 0.717) is 0 Å². The fourth-order valence-electron chi connectivity index (χ4n) is 0.862. The Balaban J connectivity index is 2.14. The van der Waals surface area contributed by atoms with E-state index in [1.807, 2.05) is 36.1 Å². The molecule has 0 saturated heterocycles. The van der Waals surface area contributed by atoms with Gasteiger partial charge in [0.2, 0.25) is 5.13 Å². The highest BCUT2D eigenvalue weighted by Gasteiger charge is 1.97. The zero-order valence-corrected chi connectivity index (χ0v) is 7.38. The van der Waals surface area contributed by atoms with Crippen molar-refractivity contribution in [1.82, 2.24) is 14.0 Å². The molecular formula is C7H8N4S. The normalized spacial score (nSPS) is 10.1. The van der Waals surface area contributed by atoms with Crippen LogP contribution in [0.15, 0.2) is 24.5 Å². The first-order valence-electron chi connectivity index (χ1n) is 3.55. The molecule has 0 saturated carbocycles. The molecule has 2 aromatic heterocycles. The Kier molecular flexibility index (Phi) is 1.79. The lowest BCUT2D eigenvalue weighted by atomic mass is 10.7. The van der Waals surface area contributed by atoms with E-state index >= 15 is 0 Å². The van der Waals surface area contributed by atoms with Crippen molar-refractivity contribution < 1.29 is 0 Å². The van der Waals surface area contributed by atoms with E-state index in [1.54, 1.807) is 0 Å². The highest BCUT2D eigenvalue weighted by Crippen LogP contribution is 2.09. The molecule has 2 aromatic rings. The average molecular weight is 180 g/mol. The van der Waals surface area contributed by atoms with Crippen LogP contribution in [0.5, 0.6) is 0 Å². The van der Waals surface area contributed by atoms with E-state index in [0.717, 1.165) is 11.0 Å². The molecule has 0 aromatic carbocycles. The van der Waals surface area contributed by atoms with Crippen LogP contribution >= 0.6 is 11.5 Å². The van der Waals surface area contributed by atoms with Gasteiger partial charge >= 0.3 is 0 Å². The molecule has 2 rings (SSSR count). The molecule has 1 N–H and O–H groups in total. The lowest BCUT2D eigenvalue weighted by molar-refractivity contribution is 0.960. The van der Waals surface area contributed by atoms with Gasteiger partial charge in [-0.25, -0.2) is 4.98 Å². The van der Waals surface area contributed by atoms with Gasteiger partial charge in [0.15, 0.2) is 0 Å². The third-order valence-corrected chi connectivity index (χ3v) is 2.07. The second kappa shape index (κ2) is 2.94. The fraction of sp³-hybridized carbons (Fsp3) is 0.143. The van der Waals surface area contributed by atoms with Gasteiger partial charge in [-0.1, -0.05) is 0 Å². The van der Waals surface area contributed by atoms with Crippen molar-refractivity contribution in [2.24, 2.45) is 0 Å². The molecule has 0 aliphatic rings. The molecule has 0 aliphatic heterocycles. The molecule has 5 heteroatoms. The van der Waals surface area contributed by atoms with E-state index in [1.165, 1.54) is 11.5 Å². The minimum absolute atomic E-state index is 0.801. The van der Waals surface area contributed by atoms with Gasteiger partial charge < -0.3 is 0 Å². The first-order chi connectivity index (χ1) is 5.84. The number of hydrogen-bond acceptors (Lipinski definition) is 4. The Labute approximate surface area is 74.0 Å². The predicted octanol–water partition coefficient (Wildman–Crippen LogP) is 1.52. The van der Waals surface area contributed by atoms with Crippen molar-refractivity contribution in [3.63, 3.8) is 0 Å². The minimum atomic E-state index is 0.801. The Hall–Kier alpha value is -1.36. The van der Waals surface area contributed by atoms with Crippen LogP contribution in [0.3, 0.4) is 0 Å². The lowest BCUT2D eigenvalue weighted by Crippen LogP contribution is -2.04. The van der Waals surface area contributed by atoms with E-state index in [9.17, 15) is 0 Å². The summed E-state index contributed by atoms with van der Waals surface area (Å²) in [5, 5.41) is 0.809.